The maximum Gasteiger partial charge on any atom is 0.408 e. The molecule has 0 aliphatic rings. The third kappa shape index (κ3) is 9.36. The molecule has 0 aliphatic heterocycles. The number of rotatable bonds is 9. The Morgan fingerprint density at radius 2 is 1.86 bits per heavy atom. The van der Waals surface area contributed by atoms with Crippen LogP contribution in [0.15, 0.2) is 35.3 Å². The van der Waals surface area contributed by atoms with Crippen LogP contribution in [-0.4, -0.2) is 52.5 Å². The molecule has 0 aromatic heterocycles. The molecule has 0 spiro atoms. The van der Waals surface area contributed by atoms with Crippen LogP contribution in [0.1, 0.15) is 46.1 Å². The van der Waals surface area contributed by atoms with Crippen LogP contribution < -0.4 is 5.32 Å². The van der Waals surface area contributed by atoms with Crippen molar-refractivity contribution in [2.24, 2.45) is 4.99 Å². The highest BCUT2D eigenvalue weighted by molar-refractivity contribution is 5.87. The average molecular weight is 394 g/mol. The van der Waals surface area contributed by atoms with Gasteiger partial charge in [0.05, 0.1) is 19.1 Å². The van der Waals surface area contributed by atoms with Gasteiger partial charge in [-0.3, -0.25) is 0 Å². The molecule has 0 fully saturated rings. The van der Waals surface area contributed by atoms with E-state index in [1.54, 1.807) is 20.8 Å². The molecule has 0 bridgehead atoms. The van der Waals surface area contributed by atoms with E-state index in [1.165, 1.54) is 0 Å². The first-order chi connectivity index (χ1) is 13.1. The molecular formula is C20H30N2O6. The minimum atomic E-state index is -1.28. The molecule has 8 heteroatoms. The van der Waals surface area contributed by atoms with Gasteiger partial charge in [0.25, 0.3) is 0 Å². The summed E-state index contributed by atoms with van der Waals surface area (Å²) in [6, 6.07) is 7.65. The second-order valence-electron chi connectivity index (χ2n) is 7.28. The molecule has 0 saturated carbocycles. The molecule has 1 rings (SSSR count). The quantitative estimate of drug-likeness (QED) is 0.438. The number of ether oxygens (including phenoxy) is 2. The predicted molar refractivity (Wildman–Crippen MR) is 105 cm³/mol. The van der Waals surface area contributed by atoms with E-state index in [4.69, 9.17) is 9.47 Å². The zero-order chi connectivity index (χ0) is 21.2. The van der Waals surface area contributed by atoms with Gasteiger partial charge in [-0.2, -0.15) is 0 Å². The Labute approximate surface area is 165 Å². The summed E-state index contributed by atoms with van der Waals surface area (Å²) in [5.41, 5.74) is 0.136. The SMILES string of the molecule is CC[C@H](CO)N=C(C[C@H](NC(=O)OC(C)(C)C)C(=O)O)OCc1ccccc1. The molecule has 0 aliphatic carbocycles. The summed E-state index contributed by atoms with van der Waals surface area (Å²) in [5, 5.41) is 21.2. The second kappa shape index (κ2) is 11.3. The maximum atomic E-state index is 12.0. The van der Waals surface area contributed by atoms with Crippen molar-refractivity contribution >= 4 is 18.0 Å². The topological polar surface area (TPSA) is 117 Å². The van der Waals surface area contributed by atoms with Gasteiger partial charge in [-0.25, -0.2) is 14.6 Å². The lowest BCUT2D eigenvalue weighted by Gasteiger charge is -2.22. The second-order valence-corrected chi connectivity index (χ2v) is 7.28. The smallest absolute Gasteiger partial charge is 0.408 e. The number of alkyl carbamates (subject to hydrolysis) is 1. The van der Waals surface area contributed by atoms with Gasteiger partial charge < -0.3 is 25.0 Å². The molecule has 0 unspecified atom stereocenters. The van der Waals surface area contributed by atoms with E-state index < -0.39 is 29.7 Å². The first-order valence-electron chi connectivity index (χ1n) is 9.21. The minimum Gasteiger partial charge on any atom is -0.480 e. The Morgan fingerprint density at radius 1 is 1.21 bits per heavy atom. The van der Waals surface area contributed by atoms with Crippen molar-refractivity contribution in [1.29, 1.82) is 0 Å². The van der Waals surface area contributed by atoms with E-state index in [2.05, 4.69) is 10.3 Å². The largest absolute Gasteiger partial charge is 0.480 e. The number of nitrogens with zero attached hydrogens (tertiary/aromatic N) is 1. The number of benzene rings is 1. The van der Waals surface area contributed by atoms with Gasteiger partial charge >= 0.3 is 12.1 Å². The predicted octanol–water partition coefficient (Wildman–Crippen LogP) is 2.74. The van der Waals surface area contributed by atoms with Gasteiger partial charge in [0.1, 0.15) is 18.2 Å². The summed E-state index contributed by atoms with van der Waals surface area (Å²) < 4.78 is 10.8. The fourth-order valence-corrected chi connectivity index (χ4v) is 2.18. The number of aliphatic hydroxyl groups is 1. The highest BCUT2D eigenvalue weighted by Gasteiger charge is 2.26. The number of nitrogens with one attached hydrogen (secondary N) is 1. The van der Waals surface area contributed by atoms with E-state index in [9.17, 15) is 19.8 Å². The van der Waals surface area contributed by atoms with Crippen LogP contribution in [0.2, 0.25) is 0 Å². The standard InChI is InChI=1S/C20H30N2O6/c1-5-15(12-23)21-17(27-13-14-9-7-6-8-10-14)11-16(18(24)25)22-19(26)28-20(2,3)4/h6-10,15-16,23H,5,11-13H2,1-4H3,(H,22,26)(H,24,25)/t15-,16+/m1/s1. The zero-order valence-corrected chi connectivity index (χ0v) is 16.8. The monoisotopic (exact) mass is 394 g/mol. The zero-order valence-electron chi connectivity index (χ0n) is 16.8. The summed E-state index contributed by atoms with van der Waals surface area (Å²) in [4.78, 5) is 27.9. The number of amides is 1. The van der Waals surface area contributed by atoms with Gasteiger partial charge in [0, 0.05) is 0 Å². The number of aliphatic carboxylic acids is 1. The number of hydrogen-bond donors (Lipinski definition) is 3. The molecule has 2 atom stereocenters. The fraction of sp³-hybridized carbons (Fsp3) is 0.550. The number of hydrogen-bond acceptors (Lipinski definition) is 6. The van der Waals surface area contributed by atoms with Crippen molar-refractivity contribution in [3.8, 4) is 0 Å². The summed E-state index contributed by atoms with van der Waals surface area (Å²) in [6.07, 6.45) is -0.444. The van der Waals surface area contributed by atoms with Gasteiger partial charge in [0.2, 0.25) is 0 Å². The first-order valence-corrected chi connectivity index (χ1v) is 9.21. The lowest BCUT2D eigenvalue weighted by molar-refractivity contribution is -0.139. The molecule has 28 heavy (non-hydrogen) atoms. The molecule has 0 saturated heterocycles. The van der Waals surface area contributed by atoms with Crippen LogP contribution in [0.3, 0.4) is 0 Å². The lowest BCUT2D eigenvalue weighted by Crippen LogP contribution is -2.44. The number of aliphatic hydroxyl groups excluding tert-OH is 1. The van der Waals surface area contributed by atoms with Crippen LogP contribution in [0, 0.1) is 0 Å². The Hall–Kier alpha value is -2.61. The third-order valence-corrected chi connectivity index (χ3v) is 3.62. The number of carbonyl (C=O) groups excluding carboxylic acids is 1. The van der Waals surface area contributed by atoms with E-state index in [1.807, 2.05) is 37.3 Å². The molecule has 8 nitrogen and oxygen atoms in total. The average Bonchev–Trinajstić information content (AvgIpc) is 2.62. The van der Waals surface area contributed by atoms with Crippen LogP contribution in [-0.2, 0) is 20.9 Å². The molecule has 1 aromatic rings. The fourth-order valence-electron chi connectivity index (χ4n) is 2.18. The molecule has 3 N–H and O–H groups in total. The van der Waals surface area contributed by atoms with Crippen LogP contribution in [0.4, 0.5) is 4.79 Å². The number of carboxylic acids is 1. The number of aliphatic imine (C=N–C) groups is 1. The van der Waals surface area contributed by atoms with E-state index in [0.29, 0.717) is 6.42 Å². The van der Waals surface area contributed by atoms with Crippen LogP contribution in [0.25, 0.3) is 0 Å². The summed E-state index contributed by atoms with van der Waals surface area (Å²) in [6.45, 7) is 6.92. The highest BCUT2D eigenvalue weighted by Crippen LogP contribution is 2.10. The number of carboxylic acid groups (broad SMARTS) is 1. The van der Waals surface area contributed by atoms with Crippen molar-refractivity contribution in [2.45, 2.75) is 64.8 Å². The maximum absolute atomic E-state index is 12.0. The lowest BCUT2D eigenvalue weighted by atomic mass is 10.2. The van der Waals surface area contributed by atoms with Crippen LogP contribution in [0.5, 0.6) is 0 Å². The van der Waals surface area contributed by atoms with Crippen molar-refractivity contribution in [3.63, 3.8) is 0 Å². The molecule has 0 radical (unpaired) electrons. The molecule has 156 valence electrons. The van der Waals surface area contributed by atoms with Crippen molar-refractivity contribution in [2.75, 3.05) is 6.61 Å². The Balaban J connectivity index is 2.90. The van der Waals surface area contributed by atoms with Gasteiger partial charge in [0.15, 0.2) is 5.90 Å². The first kappa shape index (κ1) is 23.4. The van der Waals surface area contributed by atoms with E-state index in [0.717, 1.165) is 5.56 Å². The molecular weight excluding hydrogens is 364 g/mol. The number of carbonyl (C=O) groups is 2. The summed E-state index contributed by atoms with van der Waals surface area (Å²) >= 11 is 0. The van der Waals surface area contributed by atoms with Crippen molar-refractivity contribution in [1.82, 2.24) is 5.32 Å². The highest BCUT2D eigenvalue weighted by atomic mass is 16.6. The molecule has 0 heterocycles. The summed E-state index contributed by atoms with van der Waals surface area (Å²) in [7, 11) is 0. The Kier molecular flexibility index (Phi) is 9.44. The molecule has 1 amide bonds. The third-order valence-electron chi connectivity index (χ3n) is 3.62. The van der Waals surface area contributed by atoms with Crippen molar-refractivity contribution in [3.05, 3.63) is 35.9 Å². The van der Waals surface area contributed by atoms with Gasteiger partial charge in [-0.1, -0.05) is 37.3 Å². The summed E-state index contributed by atoms with van der Waals surface area (Å²) in [5.74, 6) is -1.09. The van der Waals surface area contributed by atoms with Crippen LogP contribution >= 0.6 is 0 Å². The van der Waals surface area contributed by atoms with Crippen molar-refractivity contribution < 1.29 is 29.3 Å². The minimum absolute atomic E-state index is 0.146. The Morgan fingerprint density at radius 3 is 2.36 bits per heavy atom. The van der Waals surface area contributed by atoms with Gasteiger partial charge in [-0.05, 0) is 32.8 Å². The van der Waals surface area contributed by atoms with E-state index >= 15 is 0 Å². The van der Waals surface area contributed by atoms with Gasteiger partial charge in [-0.15, -0.1) is 0 Å². The normalized spacial score (nSPS) is 14.1. The van der Waals surface area contributed by atoms with E-state index in [-0.39, 0.29) is 25.5 Å². The Bertz CT molecular complexity index is 650. The molecule has 1 aromatic carbocycles.